The standard InChI is InChI=1S/C14H16N2O5/c1-8(13(19)21-2)15-14(20)16-6-5-9-7-10(12(17)18)3-4-11(9)16/h3-4,7-8H,5-6H2,1-2H3,(H,15,20)(H,17,18). The first-order valence-electron chi connectivity index (χ1n) is 6.46. The van der Waals surface area contributed by atoms with Crippen molar-refractivity contribution in [2.45, 2.75) is 19.4 Å². The summed E-state index contributed by atoms with van der Waals surface area (Å²) >= 11 is 0. The Hall–Kier alpha value is -2.57. The second kappa shape index (κ2) is 5.82. The molecule has 0 radical (unpaired) electrons. The van der Waals surface area contributed by atoms with Crippen LogP contribution < -0.4 is 10.2 Å². The van der Waals surface area contributed by atoms with Gasteiger partial charge in [-0.25, -0.2) is 14.4 Å². The van der Waals surface area contributed by atoms with Gasteiger partial charge in [-0.3, -0.25) is 4.90 Å². The van der Waals surface area contributed by atoms with Gasteiger partial charge in [-0.1, -0.05) is 0 Å². The Bertz CT molecular complexity index is 599. The summed E-state index contributed by atoms with van der Waals surface area (Å²) in [5.41, 5.74) is 1.66. The monoisotopic (exact) mass is 292 g/mol. The highest BCUT2D eigenvalue weighted by Gasteiger charge is 2.27. The minimum Gasteiger partial charge on any atom is -0.478 e. The molecule has 1 aliphatic rings. The molecule has 7 heteroatoms. The number of fused-ring (bicyclic) bond motifs is 1. The van der Waals surface area contributed by atoms with Crippen LogP contribution in [0.3, 0.4) is 0 Å². The van der Waals surface area contributed by atoms with Crippen molar-refractivity contribution < 1.29 is 24.2 Å². The van der Waals surface area contributed by atoms with Crippen LogP contribution in [0.1, 0.15) is 22.8 Å². The average Bonchev–Trinajstić information content (AvgIpc) is 2.89. The first kappa shape index (κ1) is 14.8. The highest BCUT2D eigenvalue weighted by atomic mass is 16.5. The molecular weight excluding hydrogens is 276 g/mol. The van der Waals surface area contributed by atoms with Crippen molar-refractivity contribution in [3.63, 3.8) is 0 Å². The summed E-state index contributed by atoms with van der Waals surface area (Å²) in [5.74, 6) is -1.52. The third kappa shape index (κ3) is 2.96. The summed E-state index contributed by atoms with van der Waals surface area (Å²) in [6.45, 7) is 1.98. The van der Waals surface area contributed by atoms with Crippen LogP contribution in [-0.2, 0) is 16.0 Å². The van der Waals surface area contributed by atoms with E-state index in [0.29, 0.717) is 18.7 Å². The summed E-state index contributed by atoms with van der Waals surface area (Å²) in [7, 11) is 1.25. The number of aromatic carboxylic acids is 1. The SMILES string of the molecule is COC(=O)C(C)NC(=O)N1CCc2cc(C(=O)O)ccc21. The van der Waals surface area contributed by atoms with Gasteiger partial charge in [0.15, 0.2) is 0 Å². The molecule has 2 amide bonds. The fourth-order valence-electron chi connectivity index (χ4n) is 2.24. The maximum Gasteiger partial charge on any atom is 0.335 e. The molecule has 0 aliphatic carbocycles. The first-order valence-corrected chi connectivity index (χ1v) is 6.46. The van der Waals surface area contributed by atoms with Gasteiger partial charge >= 0.3 is 18.0 Å². The summed E-state index contributed by atoms with van der Waals surface area (Å²) in [5, 5.41) is 11.5. The van der Waals surface area contributed by atoms with E-state index >= 15 is 0 Å². The number of hydrogen-bond donors (Lipinski definition) is 2. The van der Waals surface area contributed by atoms with Crippen LogP contribution in [0.25, 0.3) is 0 Å². The maximum atomic E-state index is 12.1. The fourth-order valence-corrected chi connectivity index (χ4v) is 2.24. The largest absolute Gasteiger partial charge is 0.478 e. The predicted molar refractivity (Wildman–Crippen MR) is 74.5 cm³/mol. The van der Waals surface area contributed by atoms with E-state index in [4.69, 9.17) is 5.11 Å². The van der Waals surface area contributed by atoms with Gasteiger partial charge in [-0.15, -0.1) is 0 Å². The maximum absolute atomic E-state index is 12.1. The number of esters is 1. The summed E-state index contributed by atoms with van der Waals surface area (Å²) in [6, 6.07) is 3.47. The number of ether oxygens (including phenoxy) is 1. The van der Waals surface area contributed by atoms with Gasteiger partial charge in [0.2, 0.25) is 0 Å². The minimum absolute atomic E-state index is 0.193. The van der Waals surface area contributed by atoms with Crippen molar-refractivity contribution in [3.05, 3.63) is 29.3 Å². The quantitative estimate of drug-likeness (QED) is 0.811. The number of nitrogens with one attached hydrogen (secondary N) is 1. The smallest absolute Gasteiger partial charge is 0.335 e. The Balaban J connectivity index is 2.13. The number of carboxylic acids is 1. The normalized spacial score (nSPS) is 14.3. The third-order valence-corrected chi connectivity index (χ3v) is 3.36. The molecule has 1 heterocycles. The number of anilines is 1. The van der Waals surface area contributed by atoms with E-state index in [1.165, 1.54) is 25.0 Å². The number of carbonyl (C=O) groups excluding carboxylic acids is 2. The Labute approximate surface area is 121 Å². The molecular formula is C14H16N2O5. The molecule has 1 aromatic rings. The molecule has 2 rings (SSSR count). The number of hydrogen-bond acceptors (Lipinski definition) is 4. The molecule has 21 heavy (non-hydrogen) atoms. The van der Waals surface area contributed by atoms with Crippen molar-refractivity contribution in [1.29, 1.82) is 0 Å². The van der Waals surface area contributed by atoms with Gasteiger partial charge in [0.25, 0.3) is 0 Å². The predicted octanol–water partition coefficient (Wildman–Crippen LogP) is 1.02. The van der Waals surface area contributed by atoms with Gasteiger partial charge in [-0.2, -0.15) is 0 Å². The second-order valence-corrected chi connectivity index (χ2v) is 4.74. The van der Waals surface area contributed by atoms with Crippen molar-refractivity contribution in [3.8, 4) is 0 Å². The molecule has 0 aromatic heterocycles. The van der Waals surface area contributed by atoms with E-state index in [9.17, 15) is 14.4 Å². The number of benzene rings is 1. The highest BCUT2D eigenvalue weighted by Crippen LogP contribution is 2.28. The second-order valence-electron chi connectivity index (χ2n) is 4.74. The summed E-state index contributed by atoms with van der Waals surface area (Å²) in [4.78, 5) is 35.9. The first-order chi connectivity index (χ1) is 9.93. The molecule has 1 aliphatic heterocycles. The van der Waals surface area contributed by atoms with Gasteiger partial charge in [0.05, 0.1) is 12.7 Å². The molecule has 7 nitrogen and oxygen atoms in total. The lowest BCUT2D eigenvalue weighted by Gasteiger charge is -2.20. The number of methoxy groups -OCH3 is 1. The third-order valence-electron chi connectivity index (χ3n) is 3.36. The molecule has 1 aromatic carbocycles. The number of rotatable bonds is 3. The summed E-state index contributed by atoms with van der Waals surface area (Å²) < 4.78 is 4.55. The lowest BCUT2D eigenvalue weighted by molar-refractivity contribution is -0.142. The molecule has 0 saturated carbocycles. The number of carbonyl (C=O) groups is 3. The molecule has 0 bridgehead atoms. The van der Waals surface area contributed by atoms with Gasteiger partial charge in [-0.05, 0) is 37.1 Å². The van der Waals surface area contributed by atoms with E-state index in [0.717, 1.165) is 5.56 Å². The molecule has 0 saturated heterocycles. The zero-order chi connectivity index (χ0) is 15.6. The topological polar surface area (TPSA) is 95.9 Å². The van der Waals surface area contributed by atoms with Gasteiger partial charge in [0, 0.05) is 12.2 Å². The Morgan fingerprint density at radius 3 is 2.71 bits per heavy atom. The van der Waals surface area contributed by atoms with Crippen LogP contribution in [0.4, 0.5) is 10.5 Å². The molecule has 0 spiro atoms. The van der Waals surface area contributed by atoms with E-state index in [2.05, 4.69) is 10.1 Å². The van der Waals surface area contributed by atoms with Crippen molar-refractivity contribution in [2.24, 2.45) is 0 Å². The number of nitrogens with zero attached hydrogens (tertiary/aromatic N) is 1. The number of carboxylic acid groups (broad SMARTS) is 1. The van der Waals surface area contributed by atoms with Crippen LogP contribution in [0, 0.1) is 0 Å². The van der Waals surface area contributed by atoms with Gasteiger partial charge in [0.1, 0.15) is 6.04 Å². The van der Waals surface area contributed by atoms with Crippen LogP contribution in [0.5, 0.6) is 0 Å². The molecule has 112 valence electrons. The van der Waals surface area contributed by atoms with Crippen LogP contribution in [0.15, 0.2) is 18.2 Å². The zero-order valence-electron chi connectivity index (χ0n) is 11.8. The van der Waals surface area contributed by atoms with Crippen LogP contribution >= 0.6 is 0 Å². The van der Waals surface area contributed by atoms with Crippen LogP contribution in [0.2, 0.25) is 0 Å². The molecule has 0 fully saturated rings. The van der Waals surface area contributed by atoms with E-state index in [1.54, 1.807) is 12.1 Å². The van der Waals surface area contributed by atoms with Crippen molar-refractivity contribution >= 4 is 23.7 Å². The molecule has 1 unspecified atom stereocenters. The van der Waals surface area contributed by atoms with E-state index in [1.807, 2.05) is 0 Å². The Kier molecular flexibility index (Phi) is 4.11. The average molecular weight is 292 g/mol. The Morgan fingerprint density at radius 2 is 2.10 bits per heavy atom. The number of urea groups is 1. The fraction of sp³-hybridized carbons (Fsp3) is 0.357. The molecule has 1 atom stereocenters. The van der Waals surface area contributed by atoms with Crippen molar-refractivity contribution in [1.82, 2.24) is 5.32 Å². The lowest BCUT2D eigenvalue weighted by Crippen LogP contribution is -2.46. The lowest BCUT2D eigenvalue weighted by atomic mass is 10.1. The van der Waals surface area contributed by atoms with E-state index in [-0.39, 0.29) is 5.56 Å². The minimum atomic E-state index is -1.000. The molecule has 2 N–H and O–H groups in total. The van der Waals surface area contributed by atoms with Crippen LogP contribution in [-0.4, -0.2) is 42.8 Å². The van der Waals surface area contributed by atoms with Crippen molar-refractivity contribution in [2.75, 3.05) is 18.6 Å². The highest BCUT2D eigenvalue weighted by molar-refractivity contribution is 5.97. The van der Waals surface area contributed by atoms with E-state index < -0.39 is 24.0 Å². The van der Waals surface area contributed by atoms with Gasteiger partial charge < -0.3 is 15.2 Å². The Morgan fingerprint density at radius 1 is 1.38 bits per heavy atom. The summed E-state index contributed by atoms with van der Waals surface area (Å²) in [6.07, 6.45) is 0.580. The number of amides is 2. The zero-order valence-corrected chi connectivity index (χ0v) is 11.8.